The molecule has 0 aromatic heterocycles. The summed E-state index contributed by atoms with van der Waals surface area (Å²) in [6, 6.07) is -0.733. The van der Waals surface area contributed by atoms with Crippen LogP contribution in [0.4, 0.5) is 8.78 Å². The van der Waals surface area contributed by atoms with E-state index < -0.39 is 9.97 Å². The van der Waals surface area contributed by atoms with E-state index in [4.69, 9.17) is 3.07 Å². The van der Waals surface area contributed by atoms with Crippen LogP contribution < -0.4 is 5.32 Å². The largest absolute Gasteiger partial charge is 0.311 e. The van der Waals surface area contributed by atoms with Crippen LogP contribution in [-0.4, -0.2) is 22.6 Å². The average Bonchev–Trinajstić information content (AvgIpc) is 2.32. The van der Waals surface area contributed by atoms with Crippen molar-refractivity contribution < 1.29 is 11.8 Å². The fourth-order valence-electron chi connectivity index (χ4n) is 1.02. The Hall–Kier alpha value is 1.24. The molecule has 1 heterocycles. The van der Waals surface area contributed by atoms with Crippen LogP contribution >= 0.6 is 45.6 Å². The predicted molar refractivity (Wildman–Crippen MR) is 54.3 cm³/mol. The number of rotatable bonds is 2. The third-order valence-corrected chi connectivity index (χ3v) is 3.08. The van der Waals surface area contributed by atoms with Gasteiger partial charge in [0.15, 0.2) is 0 Å². The van der Waals surface area contributed by atoms with Crippen LogP contribution in [0.3, 0.4) is 0 Å². The number of alkyl halides is 3. The van der Waals surface area contributed by atoms with Gasteiger partial charge in [-0.3, -0.25) is 0 Å². The molecule has 2 atom stereocenters. The summed E-state index contributed by atoms with van der Waals surface area (Å²) in [5.74, 6) is 0. The first-order valence-corrected chi connectivity index (χ1v) is 5.07. The lowest BCUT2D eigenvalue weighted by Gasteiger charge is -2.15. The Kier molecular flexibility index (Phi) is 3.72. The van der Waals surface area contributed by atoms with Crippen molar-refractivity contribution in [2.75, 3.05) is 6.54 Å². The Morgan fingerprint density at radius 3 is 2.45 bits per heavy atom. The highest BCUT2D eigenvalue weighted by Crippen LogP contribution is 2.32. The van der Waals surface area contributed by atoms with Gasteiger partial charge in [0.1, 0.15) is 23.0 Å². The minimum absolute atomic E-state index is 0.0683. The van der Waals surface area contributed by atoms with Crippen LogP contribution in [-0.2, 0) is 3.07 Å². The van der Waals surface area contributed by atoms with Gasteiger partial charge in [0, 0.05) is 29.1 Å². The van der Waals surface area contributed by atoms with Gasteiger partial charge in [0.25, 0.3) is 0 Å². The highest BCUT2D eigenvalue weighted by Gasteiger charge is 2.41. The molecule has 66 valence electrons. The van der Waals surface area contributed by atoms with Crippen LogP contribution in [0.5, 0.6) is 0 Å². The van der Waals surface area contributed by atoms with Crippen LogP contribution in [0.2, 0.25) is 0 Å². The molecule has 0 radical (unpaired) electrons. The van der Waals surface area contributed by atoms with E-state index in [2.05, 4.69) is 5.32 Å². The SMILES string of the molecule is FC(F)(I)[C@@H]1CC(OI)CN1. The van der Waals surface area contributed by atoms with E-state index in [1.165, 1.54) is 0 Å². The standard InChI is InChI=1S/C5H7F2I2NO/c6-5(7,8)4-1-3(11-9)2-10-4/h3-4,10H,1-2H2/t3?,4-/m0/s1. The van der Waals surface area contributed by atoms with Gasteiger partial charge in [-0.2, -0.15) is 8.78 Å². The summed E-state index contributed by atoms with van der Waals surface area (Å²) in [6.45, 7) is 0.520. The third-order valence-electron chi connectivity index (χ3n) is 1.61. The maximum atomic E-state index is 12.6. The fraction of sp³-hybridized carbons (Fsp3) is 1.00. The Balaban J connectivity index is 2.42. The molecule has 6 heteroatoms. The third kappa shape index (κ3) is 2.88. The number of nitrogens with one attached hydrogen (secondary N) is 1. The summed E-state index contributed by atoms with van der Waals surface area (Å²) in [5, 5.41) is 2.71. The fourth-order valence-corrected chi connectivity index (χ4v) is 1.88. The molecule has 0 aromatic carbocycles. The van der Waals surface area contributed by atoms with Crippen molar-refractivity contribution in [2.45, 2.75) is 22.5 Å². The zero-order valence-corrected chi connectivity index (χ0v) is 9.80. The molecule has 1 saturated heterocycles. The Morgan fingerprint density at radius 1 is 1.55 bits per heavy atom. The summed E-state index contributed by atoms with van der Waals surface area (Å²) in [4.78, 5) is 0. The highest BCUT2D eigenvalue weighted by molar-refractivity contribution is 14.1. The zero-order valence-electron chi connectivity index (χ0n) is 5.49. The van der Waals surface area contributed by atoms with Gasteiger partial charge in [0.05, 0.1) is 12.1 Å². The molecule has 1 rings (SSSR count). The van der Waals surface area contributed by atoms with Crippen LogP contribution in [0, 0.1) is 0 Å². The second-order valence-corrected chi connectivity index (χ2v) is 4.40. The molecule has 0 spiro atoms. The van der Waals surface area contributed by atoms with Gasteiger partial charge in [-0.1, -0.05) is 0 Å². The lowest BCUT2D eigenvalue weighted by molar-refractivity contribution is 0.0838. The highest BCUT2D eigenvalue weighted by atomic mass is 127. The number of halogens is 4. The normalized spacial score (nSPS) is 32.7. The molecule has 1 aliphatic rings. The second kappa shape index (κ2) is 3.97. The lowest BCUT2D eigenvalue weighted by atomic mass is 10.2. The van der Waals surface area contributed by atoms with Gasteiger partial charge in [0.2, 0.25) is 0 Å². The monoisotopic (exact) mass is 389 g/mol. The summed E-state index contributed by atoms with van der Waals surface area (Å²) in [5.41, 5.74) is 0. The van der Waals surface area contributed by atoms with E-state index in [9.17, 15) is 8.78 Å². The minimum atomic E-state index is -2.67. The van der Waals surface area contributed by atoms with Crippen molar-refractivity contribution in [3.8, 4) is 0 Å². The summed E-state index contributed by atoms with van der Waals surface area (Å²) in [7, 11) is 0. The molecule has 1 unspecified atom stereocenters. The quantitative estimate of drug-likeness (QED) is 0.578. The molecule has 0 aliphatic carbocycles. The van der Waals surface area contributed by atoms with E-state index in [1.54, 1.807) is 23.0 Å². The van der Waals surface area contributed by atoms with E-state index in [0.29, 0.717) is 13.0 Å². The second-order valence-electron chi connectivity index (χ2n) is 2.45. The van der Waals surface area contributed by atoms with Crippen molar-refractivity contribution in [3.63, 3.8) is 0 Å². The Morgan fingerprint density at radius 2 is 2.18 bits per heavy atom. The van der Waals surface area contributed by atoms with Crippen molar-refractivity contribution in [1.29, 1.82) is 0 Å². The van der Waals surface area contributed by atoms with Gasteiger partial charge in [-0.25, -0.2) is 0 Å². The summed E-state index contributed by atoms with van der Waals surface area (Å²) in [6.07, 6.45) is 0.319. The average molecular weight is 389 g/mol. The summed E-state index contributed by atoms with van der Waals surface area (Å²) >= 11 is 2.89. The molecule has 1 N–H and O–H groups in total. The van der Waals surface area contributed by atoms with E-state index in [-0.39, 0.29) is 6.10 Å². The van der Waals surface area contributed by atoms with Gasteiger partial charge in [-0.05, 0) is 6.42 Å². The number of hydrogen-bond donors (Lipinski definition) is 1. The van der Waals surface area contributed by atoms with Crippen LogP contribution in [0.15, 0.2) is 0 Å². The molecule has 2 nitrogen and oxygen atoms in total. The molecule has 0 aromatic rings. The molecule has 0 amide bonds. The van der Waals surface area contributed by atoms with Crippen LogP contribution in [0.1, 0.15) is 6.42 Å². The van der Waals surface area contributed by atoms with Gasteiger partial charge in [-0.15, -0.1) is 0 Å². The van der Waals surface area contributed by atoms with Crippen molar-refractivity contribution in [3.05, 3.63) is 0 Å². The molecule has 0 saturated carbocycles. The molecule has 0 bridgehead atoms. The minimum Gasteiger partial charge on any atom is -0.311 e. The van der Waals surface area contributed by atoms with Crippen molar-refractivity contribution in [2.24, 2.45) is 0 Å². The topological polar surface area (TPSA) is 21.3 Å². The zero-order chi connectivity index (χ0) is 8.48. The summed E-state index contributed by atoms with van der Waals surface area (Å²) < 4.78 is 27.4. The first kappa shape index (κ1) is 10.3. The van der Waals surface area contributed by atoms with Crippen molar-refractivity contribution >= 4 is 45.6 Å². The van der Waals surface area contributed by atoms with E-state index >= 15 is 0 Å². The Labute approximate surface area is 91.3 Å². The predicted octanol–water partition coefficient (Wildman–Crippen LogP) is 2.11. The molecular weight excluding hydrogens is 382 g/mol. The first-order chi connectivity index (χ1) is 5.04. The van der Waals surface area contributed by atoms with Crippen molar-refractivity contribution in [1.82, 2.24) is 5.32 Å². The lowest BCUT2D eigenvalue weighted by Crippen LogP contribution is -2.35. The maximum absolute atomic E-state index is 12.6. The van der Waals surface area contributed by atoms with Crippen LogP contribution in [0.25, 0.3) is 0 Å². The van der Waals surface area contributed by atoms with E-state index in [0.717, 1.165) is 22.6 Å². The maximum Gasteiger partial charge on any atom is 0.311 e. The van der Waals surface area contributed by atoms with Gasteiger partial charge >= 0.3 is 3.93 Å². The first-order valence-electron chi connectivity index (χ1n) is 3.11. The molecule has 11 heavy (non-hydrogen) atoms. The van der Waals surface area contributed by atoms with Gasteiger partial charge < -0.3 is 8.38 Å². The molecule has 1 fully saturated rings. The number of hydrogen-bond acceptors (Lipinski definition) is 2. The molecule has 1 aliphatic heterocycles. The molecular formula is C5H7F2I2NO. The Bertz CT molecular complexity index is 141. The van der Waals surface area contributed by atoms with E-state index in [1.807, 2.05) is 0 Å². The smallest absolute Gasteiger partial charge is 0.311 e.